The molecule has 0 unspecified atom stereocenters. The molecule has 0 aliphatic carbocycles. The minimum absolute atomic E-state index is 0.108. The molecule has 0 spiro atoms. The summed E-state index contributed by atoms with van der Waals surface area (Å²) in [7, 11) is 0. The fourth-order valence-electron chi connectivity index (χ4n) is 0.994. The zero-order valence-corrected chi connectivity index (χ0v) is 6.66. The highest BCUT2D eigenvalue weighted by Gasteiger charge is 2.29. The maximum atomic E-state index is 10.8. The summed E-state index contributed by atoms with van der Waals surface area (Å²) in [5, 5.41) is 0. The van der Waals surface area contributed by atoms with Gasteiger partial charge in [-0.05, 0) is 5.92 Å². The van der Waals surface area contributed by atoms with Crippen LogP contribution in [0, 0.1) is 5.92 Å². The van der Waals surface area contributed by atoms with Crippen molar-refractivity contribution in [3.8, 4) is 0 Å². The zero-order chi connectivity index (χ0) is 8.43. The molecule has 1 saturated heterocycles. The molecule has 0 saturated carbocycles. The van der Waals surface area contributed by atoms with Crippen LogP contribution >= 0.6 is 0 Å². The van der Waals surface area contributed by atoms with E-state index in [1.807, 2.05) is 13.8 Å². The minimum atomic E-state index is -0.510. The zero-order valence-electron chi connectivity index (χ0n) is 6.66. The van der Waals surface area contributed by atoms with Crippen LogP contribution in [0.4, 0.5) is 4.79 Å². The summed E-state index contributed by atoms with van der Waals surface area (Å²) in [6.45, 7) is 4.66. The first kappa shape index (κ1) is 8.04. The van der Waals surface area contributed by atoms with E-state index >= 15 is 0 Å². The molecule has 11 heavy (non-hydrogen) atoms. The topological polar surface area (TPSA) is 46.6 Å². The largest absolute Gasteiger partial charge is 0.418 e. The average Bonchev–Trinajstić information content (AvgIpc) is 2.09. The number of ether oxygens (including phenoxy) is 1. The van der Waals surface area contributed by atoms with Crippen molar-refractivity contribution in [2.45, 2.75) is 13.8 Å². The Hall–Kier alpha value is -1.06. The van der Waals surface area contributed by atoms with Crippen molar-refractivity contribution in [3.63, 3.8) is 0 Å². The van der Waals surface area contributed by atoms with Crippen LogP contribution in [0.25, 0.3) is 0 Å². The number of amides is 1. The van der Waals surface area contributed by atoms with Crippen molar-refractivity contribution in [1.29, 1.82) is 0 Å². The Balaban J connectivity index is 2.47. The molecule has 62 valence electrons. The number of hydrogen-bond donors (Lipinski definition) is 0. The molecule has 0 aromatic rings. The third-order valence-corrected chi connectivity index (χ3v) is 1.36. The lowest BCUT2D eigenvalue weighted by molar-refractivity contribution is -0.132. The van der Waals surface area contributed by atoms with Gasteiger partial charge in [0, 0.05) is 6.54 Å². The van der Waals surface area contributed by atoms with E-state index in [-0.39, 0.29) is 6.54 Å². The van der Waals surface area contributed by atoms with E-state index in [1.165, 1.54) is 4.90 Å². The highest BCUT2D eigenvalue weighted by molar-refractivity contribution is 5.92. The Morgan fingerprint density at radius 2 is 2.18 bits per heavy atom. The predicted octanol–water partition coefficient (Wildman–Crippen LogP) is 0.621. The van der Waals surface area contributed by atoms with Crippen molar-refractivity contribution in [1.82, 2.24) is 4.90 Å². The first-order valence-corrected chi connectivity index (χ1v) is 3.59. The van der Waals surface area contributed by atoms with Gasteiger partial charge in [-0.2, -0.15) is 0 Å². The number of cyclic esters (lactones) is 2. The van der Waals surface area contributed by atoms with E-state index in [2.05, 4.69) is 4.74 Å². The number of carbonyl (C=O) groups excluding carboxylic acids is 2. The Morgan fingerprint density at radius 3 is 2.55 bits per heavy atom. The first-order valence-electron chi connectivity index (χ1n) is 3.59. The van der Waals surface area contributed by atoms with E-state index in [4.69, 9.17) is 0 Å². The third-order valence-electron chi connectivity index (χ3n) is 1.36. The number of hydrogen-bond acceptors (Lipinski definition) is 3. The van der Waals surface area contributed by atoms with E-state index in [0.717, 1.165) is 0 Å². The maximum absolute atomic E-state index is 10.8. The van der Waals surface area contributed by atoms with Crippen molar-refractivity contribution >= 4 is 12.1 Å². The lowest BCUT2D eigenvalue weighted by atomic mass is 10.2. The van der Waals surface area contributed by atoms with Gasteiger partial charge in [-0.15, -0.1) is 0 Å². The normalized spacial score (nSPS) is 17.9. The summed E-state index contributed by atoms with van der Waals surface area (Å²) in [5.41, 5.74) is 0. The van der Waals surface area contributed by atoms with Crippen LogP contribution < -0.4 is 0 Å². The number of rotatable bonds is 2. The van der Waals surface area contributed by atoms with Crippen LogP contribution in [-0.2, 0) is 9.53 Å². The second kappa shape index (κ2) is 2.90. The summed E-state index contributed by atoms with van der Waals surface area (Å²) < 4.78 is 4.32. The third kappa shape index (κ3) is 1.93. The monoisotopic (exact) mass is 157 g/mol. The Labute approximate surface area is 65.1 Å². The minimum Gasteiger partial charge on any atom is -0.375 e. The van der Waals surface area contributed by atoms with Gasteiger partial charge in [-0.1, -0.05) is 13.8 Å². The van der Waals surface area contributed by atoms with E-state index in [0.29, 0.717) is 12.5 Å². The van der Waals surface area contributed by atoms with Gasteiger partial charge < -0.3 is 4.74 Å². The summed E-state index contributed by atoms with van der Waals surface area (Å²) >= 11 is 0. The molecule has 0 radical (unpaired) electrons. The molecule has 4 nitrogen and oxygen atoms in total. The van der Waals surface area contributed by atoms with Gasteiger partial charge in [0.2, 0.25) is 0 Å². The molecule has 0 aromatic heterocycles. The van der Waals surface area contributed by atoms with Gasteiger partial charge in [0.05, 0.1) is 0 Å². The van der Waals surface area contributed by atoms with Crippen molar-refractivity contribution in [2.75, 3.05) is 13.1 Å². The van der Waals surface area contributed by atoms with Gasteiger partial charge in [-0.3, -0.25) is 4.90 Å². The van der Waals surface area contributed by atoms with E-state index in [9.17, 15) is 9.59 Å². The fourth-order valence-corrected chi connectivity index (χ4v) is 0.994. The predicted molar refractivity (Wildman–Crippen MR) is 37.9 cm³/mol. The molecule has 0 N–H and O–H groups in total. The molecule has 4 heteroatoms. The van der Waals surface area contributed by atoms with Gasteiger partial charge in [0.1, 0.15) is 6.54 Å². The number of esters is 1. The molecule has 1 heterocycles. The fraction of sp³-hybridized carbons (Fsp3) is 0.714. The molecule has 0 aromatic carbocycles. The molecule has 1 fully saturated rings. The Morgan fingerprint density at radius 1 is 1.55 bits per heavy atom. The van der Waals surface area contributed by atoms with Crippen LogP contribution in [0.5, 0.6) is 0 Å². The number of carbonyl (C=O) groups is 2. The summed E-state index contributed by atoms with van der Waals surface area (Å²) in [6.07, 6.45) is -0.510. The molecule has 0 atom stereocenters. The summed E-state index contributed by atoms with van der Waals surface area (Å²) in [6, 6.07) is 0. The highest BCUT2D eigenvalue weighted by Crippen LogP contribution is 2.07. The Kier molecular flexibility index (Phi) is 2.12. The van der Waals surface area contributed by atoms with E-state index < -0.39 is 12.1 Å². The lowest BCUT2D eigenvalue weighted by Gasteiger charge is -2.13. The lowest BCUT2D eigenvalue weighted by Crippen LogP contribution is -2.28. The van der Waals surface area contributed by atoms with Crippen LogP contribution in [0.15, 0.2) is 0 Å². The molecule has 1 rings (SSSR count). The molecular formula is C7H11NO3. The number of nitrogens with zero attached hydrogens (tertiary/aromatic N) is 1. The standard InChI is InChI=1S/C7H11NO3/c1-5(2)3-8-4-6(9)11-7(8)10/h5H,3-4H2,1-2H3. The average molecular weight is 157 g/mol. The van der Waals surface area contributed by atoms with Gasteiger partial charge in [-0.25, -0.2) is 9.59 Å². The molecular weight excluding hydrogens is 146 g/mol. The van der Waals surface area contributed by atoms with Gasteiger partial charge in [0.15, 0.2) is 0 Å². The van der Waals surface area contributed by atoms with Crippen molar-refractivity contribution in [3.05, 3.63) is 0 Å². The van der Waals surface area contributed by atoms with Gasteiger partial charge in [0.25, 0.3) is 0 Å². The molecule has 1 aliphatic rings. The van der Waals surface area contributed by atoms with Crippen LogP contribution in [0.3, 0.4) is 0 Å². The van der Waals surface area contributed by atoms with E-state index in [1.54, 1.807) is 0 Å². The summed E-state index contributed by atoms with van der Waals surface area (Å²) in [5.74, 6) is -0.0795. The van der Waals surface area contributed by atoms with Crippen LogP contribution in [0.1, 0.15) is 13.8 Å². The van der Waals surface area contributed by atoms with Crippen LogP contribution in [0.2, 0.25) is 0 Å². The molecule has 1 amide bonds. The quantitative estimate of drug-likeness (QED) is 0.436. The first-order chi connectivity index (χ1) is 5.09. The van der Waals surface area contributed by atoms with Crippen molar-refractivity contribution < 1.29 is 14.3 Å². The maximum Gasteiger partial charge on any atom is 0.418 e. The molecule has 1 aliphatic heterocycles. The highest BCUT2D eigenvalue weighted by atomic mass is 16.6. The molecule has 0 bridgehead atoms. The SMILES string of the molecule is CC(C)CN1CC(=O)OC1=O. The van der Waals surface area contributed by atoms with Crippen LogP contribution in [-0.4, -0.2) is 30.1 Å². The smallest absolute Gasteiger partial charge is 0.375 e. The second-order valence-corrected chi connectivity index (χ2v) is 3.01. The van der Waals surface area contributed by atoms with Crippen molar-refractivity contribution in [2.24, 2.45) is 5.92 Å². The second-order valence-electron chi connectivity index (χ2n) is 3.01. The Bertz CT molecular complexity index is 188. The summed E-state index contributed by atoms with van der Waals surface area (Å²) in [4.78, 5) is 22.8. The van der Waals surface area contributed by atoms with Gasteiger partial charge >= 0.3 is 12.1 Å².